The third-order valence-corrected chi connectivity index (χ3v) is 5.54. The third kappa shape index (κ3) is 12.0. The Hall–Kier alpha value is -4.06. The Morgan fingerprint density at radius 1 is 0.757 bits per heavy atom. The van der Waals surface area contributed by atoms with Crippen molar-refractivity contribution in [1.29, 1.82) is 0 Å². The molecular formula is C25H33N5O7. The highest BCUT2D eigenvalue weighted by molar-refractivity contribution is 5.86. The molecule has 5 N–H and O–H groups in total. The molecule has 2 heterocycles. The molecule has 2 atom stereocenters. The van der Waals surface area contributed by atoms with Gasteiger partial charge in [0, 0.05) is 31.9 Å². The fourth-order valence-electron chi connectivity index (χ4n) is 3.66. The van der Waals surface area contributed by atoms with E-state index >= 15 is 0 Å². The number of rotatable bonds is 17. The molecule has 2 aromatic heterocycles. The van der Waals surface area contributed by atoms with E-state index in [0.29, 0.717) is 25.9 Å². The molecule has 12 nitrogen and oxygen atoms in total. The van der Waals surface area contributed by atoms with Crippen LogP contribution in [0.3, 0.4) is 0 Å². The first-order valence-corrected chi connectivity index (χ1v) is 12.0. The molecule has 0 aliphatic heterocycles. The molecule has 2 rings (SSSR count). The van der Waals surface area contributed by atoms with Gasteiger partial charge < -0.3 is 26.0 Å². The van der Waals surface area contributed by atoms with Gasteiger partial charge in [-0.2, -0.15) is 0 Å². The molecule has 12 heteroatoms. The zero-order valence-corrected chi connectivity index (χ0v) is 20.5. The molecule has 0 bridgehead atoms. The lowest BCUT2D eigenvalue weighted by molar-refractivity contribution is -0.140. The number of hydrogen-bond donors (Lipinski definition) is 5. The van der Waals surface area contributed by atoms with Crippen LogP contribution in [0.1, 0.15) is 49.9 Å². The summed E-state index contributed by atoms with van der Waals surface area (Å²) in [5, 5.41) is 31.7. The number of carbonyl (C=O) groups is 4. The second kappa shape index (κ2) is 15.8. The second-order valence-corrected chi connectivity index (χ2v) is 8.53. The van der Waals surface area contributed by atoms with Crippen molar-refractivity contribution in [2.24, 2.45) is 0 Å². The van der Waals surface area contributed by atoms with Gasteiger partial charge in [-0.25, -0.2) is 14.4 Å². The summed E-state index contributed by atoms with van der Waals surface area (Å²) in [6.07, 6.45) is 4.91. The predicted octanol–water partition coefficient (Wildman–Crippen LogP) is 2.11. The molecule has 0 spiro atoms. The number of carboxylic acids is 3. The number of urea groups is 1. The van der Waals surface area contributed by atoms with E-state index in [1.807, 2.05) is 36.4 Å². The fourth-order valence-corrected chi connectivity index (χ4v) is 3.66. The molecule has 0 saturated heterocycles. The maximum atomic E-state index is 12.1. The SMILES string of the molecule is O=C(O)CC[C@H](NC(=O)N[C@@H](CCCCCN(Cc1ccccn1)Cc1ccccn1)C(=O)O)C(=O)O. The summed E-state index contributed by atoms with van der Waals surface area (Å²) in [5.74, 6) is -3.83. The Morgan fingerprint density at radius 2 is 1.30 bits per heavy atom. The van der Waals surface area contributed by atoms with E-state index in [9.17, 15) is 24.3 Å². The first kappa shape index (κ1) is 29.2. The molecule has 2 amide bonds. The van der Waals surface area contributed by atoms with Crippen LogP contribution in [0.25, 0.3) is 0 Å². The van der Waals surface area contributed by atoms with Crippen LogP contribution < -0.4 is 10.6 Å². The van der Waals surface area contributed by atoms with Crippen molar-refractivity contribution in [3.05, 3.63) is 60.2 Å². The number of amides is 2. The second-order valence-electron chi connectivity index (χ2n) is 8.53. The quantitative estimate of drug-likeness (QED) is 0.196. The topological polar surface area (TPSA) is 182 Å². The summed E-state index contributed by atoms with van der Waals surface area (Å²) < 4.78 is 0. The highest BCUT2D eigenvalue weighted by atomic mass is 16.4. The Kier molecular flexibility index (Phi) is 12.5. The van der Waals surface area contributed by atoms with Crippen LogP contribution in [0.15, 0.2) is 48.8 Å². The van der Waals surface area contributed by atoms with Crippen LogP contribution in [0.5, 0.6) is 0 Å². The molecule has 0 saturated carbocycles. The van der Waals surface area contributed by atoms with Gasteiger partial charge in [0.1, 0.15) is 12.1 Å². The minimum absolute atomic E-state index is 0.163. The number of nitrogens with one attached hydrogen (secondary N) is 2. The van der Waals surface area contributed by atoms with Gasteiger partial charge in [0.05, 0.1) is 11.4 Å². The molecule has 0 fully saturated rings. The van der Waals surface area contributed by atoms with Gasteiger partial charge in [-0.3, -0.25) is 19.7 Å². The molecular weight excluding hydrogens is 482 g/mol. The van der Waals surface area contributed by atoms with Crippen molar-refractivity contribution < 1.29 is 34.5 Å². The van der Waals surface area contributed by atoms with Crippen LogP contribution in [0.4, 0.5) is 4.79 Å². The van der Waals surface area contributed by atoms with Gasteiger partial charge in [-0.15, -0.1) is 0 Å². The summed E-state index contributed by atoms with van der Waals surface area (Å²) in [6, 6.07) is 7.88. The Balaban J connectivity index is 1.82. The van der Waals surface area contributed by atoms with Crippen LogP contribution >= 0.6 is 0 Å². The number of hydrogen-bond acceptors (Lipinski definition) is 7. The van der Waals surface area contributed by atoms with Gasteiger partial charge in [-0.1, -0.05) is 25.0 Å². The van der Waals surface area contributed by atoms with Gasteiger partial charge in [0.15, 0.2) is 0 Å². The zero-order valence-electron chi connectivity index (χ0n) is 20.5. The van der Waals surface area contributed by atoms with Gasteiger partial charge in [-0.05, 0) is 50.1 Å². The van der Waals surface area contributed by atoms with E-state index < -0.39 is 42.4 Å². The van der Waals surface area contributed by atoms with E-state index in [1.165, 1.54) is 0 Å². The smallest absolute Gasteiger partial charge is 0.326 e. The molecule has 0 aromatic carbocycles. The maximum absolute atomic E-state index is 12.1. The monoisotopic (exact) mass is 515 g/mol. The van der Waals surface area contributed by atoms with Gasteiger partial charge in [0.2, 0.25) is 0 Å². The largest absolute Gasteiger partial charge is 0.481 e. The minimum Gasteiger partial charge on any atom is -0.481 e. The van der Waals surface area contributed by atoms with Gasteiger partial charge in [0.25, 0.3) is 0 Å². The van der Waals surface area contributed by atoms with E-state index in [-0.39, 0.29) is 12.8 Å². The van der Waals surface area contributed by atoms with Gasteiger partial charge >= 0.3 is 23.9 Å². The standard InChI is InChI=1S/C25H33N5O7/c31-22(32)12-11-21(24(35)36)29-25(37)28-20(23(33)34)10-2-1-7-15-30(16-18-8-3-5-13-26-18)17-19-9-4-6-14-27-19/h3-6,8-9,13-14,20-21H,1-2,7,10-12,15-17H2,(H,31,32)(H,33,34)(H,35,36)(H2,28,29,37)/t20-,21-/m0/s1. The van der Waals surface area contributed by atoms with Crippen molar-refractivity contribution >= 4 is 23.9 Å². The van der Waals surface area contributed by atoms with E-state index in [0.717, 1.165) is 24.4 Å². The number of carbonyl (C=O) groups excluding carboxylic acids is 1. The first-order chi connectivity index (χ1) is 17.7. The fraction of sp³-hybridized carbons (Fsp3) is 0.440. The highest BCUT2D eigenvalue weighted by Crippen LogP contribution is 2.11. The lowest BCUT2D eigenvalue weighted by atomic mass is 10.1. The molecule has 200 valence electrons. The molecule has 0 unspecified atom stereocenters. The normalized spacial score (nSPS) is 12.5. The average Bonchev–Trinajstić information content (AvgIpc) is 2.86. The summed E-state index contributed by atoms with van der Waals surface area (Å²) >= 11 is 0. The van der Waals surface area contributed by atoms with E-state index in [2.05, 4.69) is 25.5 Å². The van der Waals surface area contributed by atoms with Crippen molar-refractivity contribution in [2.75, 3.05) is 6.54 Å². The van der Waals surface area contributed by atoms with Crippen molar-refractivity contribution in [1.82, 2.24) is 25.5 Å². The summed E-state index contributed by atoms with van der Waals surface area (Å²) in [7, 11) is 0. The van der Waals surface area contributed by atoms with E-state index in [1.54, 1.807) is 12.4 Å². The number of unbranched alkanes of at least 4 members (excludes halogenated alkanes) is 2. The Morgan fingerprint density at radius 3 is 1.76 bits per heavy atom. The minimum atomic E-state index is -1.44. The number of carboxylic acid groups (broad SMARTS) is 3. The third-order valence-electron chi connectivity index (χ3n) is 5.54. The highest BCUT2D eigenvalue weighted by Gasteiger charge is 2.24. The molecule has 0 aliphatic rings. The maximum Gasteiger partial charge on any atom is 0.326 e. The van der Waals surface area contributed by atoms with Crippen LogP contribution in [-0.2, 0) is 27.5 Å². The lowest BCUT2D eigenvalue weighted by Crippen LogP contribution is -2.51. The summed E-state index contributed by atoms with van der Waals surface area (Å²) in [6.45, 7) is 2.02. The number of aromatic nitrogens is 2. The lowest BCUT2D eigenvalue weighted by Gasteiger charge is -2.22. The summed E-state index contributed by atoms with van der Waals surface area (Å²) in [5.41, 5.74) is 1.87. The number of aliphatic carboxylic acids is 3. The Bertz CT molecular complexity index is 966. The average molecular weight is 516 g/mol. The molecule has 0 radical (unpaired) electrons. The predicted molar refractivity (Wildman–Crippen MR) is 132 cm³/mol. The van der Waals surface area contributed by atoms with Crippen LogP contribution in [-0.4, -0.2) is 72.8 Å². The summed E-state index contributed by atoms with van der Waals surface area (Å²) in [4.78, 5) is 56.6. The number of nitrogens with zero attached hydrogens (tertiary/aromatic N) is 3. The molecule has 2 aromatic rings. The van der Waals surface area contributed by atoms with Crippen LogP contribution in [0, 0.1) is 0 Å². The molecule has 0 aliphatic carbocycles. The van der Waals surface area contributed by atoms with Crippen molar-refractivity contribution in [3.8, 4) is 0 Å². The van der Waals surface area contributed by atoms with E-state index in [4.69, 9.17) is 10.2 Å². The van der Waals surface area contributed by atoms with Crippen molar-refractivity contribution in [2.45, 2.75) is 63.7 Å². The van der Waals surface area contributed by atoms with Crippen LogP contribution in [0.2, 0.25) is 0 Å². The van der Waals surface area contributed by atoms with Crippen molar-refractivity contribution in [3.63, 3.8) is 0 Å². The first-order valence-electron chi connectivity index (χ1n) is 12.0. The number of pyridine rings is 2. The Labute approximate surface area is 214 Å². The zero-order chi connectivity index (χ0) is 27.0. The molecule has 37 heavy (non-hydrogen) atoms.